The zero-order chi connectivity index (χ0) is 15.1. The van der Waals surface area contributed by atoms with Crippen LogP contribution >= 0.6 is 15.9 Å². The molecular weight excluding hydrogens is 340 g/mol. The molecule has 2 aliphatic rings. The quantitative estimate of drug-likeness (QED) is 0.639. The molecule has 0 radical (unpaired) electrons. The van der Waals surface area contributed by atoms with Crippen LogP contribution in [0.4, 0.5) is 5.82 Å². The third-order valence-corrected chi connectivity index (χ3v) is 5.63. The van der Waals surface area contributed by atoms with Crippen molar-refractivity contribution in [2.45, 2.75) is 38.6 Å². The minimum atomic E-state index is -0.604. The summed E-state index contributed by atoms with van der Waals surface area (Å²) in [5.41, 5.74) is 0.0386. The third-order valence-electron chi connectivity index (χ3n) is 4.88. The summed E-state index contributed by atoms with van der Waals surface area (Å²) in [5.74, 6) is 1.37. The zero-order valence-electron chi connectivity index (χ0n) is 11.6. The molecule has 1 heterocycles. The van der Waals surface area contributed by atoms with Gasteiger partial charge in [0.2, 0.25) is 0 Å². The minimum absolute atomic E-state index is 0.0386. The Morgan fingerprint density at radius 2 is 2.29 bits per heavy atom. The Balaban J connectivity index is 1.67. The summed E-state index contributed by atoms with van der Waals surface area (Å²) in [7, 11) is 0. The molecule has 8 heteroatoms. The predicted molar refractivity (Wildman–Crippen MR) is 78.8 cm³/mol. The largest absolute Gasteiger partial charge is 0.358 e. The minimum Gasteiger partial charge on any atom is -0.358 e. The first-order valence-electron chi connectivity index (χ1n) is 7.16. The zero-order valence-corrected chi connectivity index (χ0v) is 13.2. The van der Waals surface area contributed by atoms with E-state index in [1.54, 1.807) is 0 Å². The Morgan fingerprint density at radius 1 is 1.52 bits per heavy atom. The van der Waals surface area contributed by atoms with Crippen molar-refractivity contribution in [3.05, 3.63) is 20.3 Å². The van der Waals surface area contributed by atoms with E-state index < -0.39 is 4.92 Å². The van der Waals surface area contributed by atoms with Crippen LogP contribution in [0.25, 0.3) is 0 Å². The monoisotopic (exact) mass is 356 g/mol. The molecule has 1 amide bonds. The van der Waals surface area contributed by atoms with Crippen molar-refractivity contribution >= 4 is 27.7 Å². The van der Waals surface area contributed by atoms with Gasteiger partial charge in [0, 0.05) is 6.04 Å². The maximum atomic E-state index is 12.2. The van der Waals surface area contributed by atoms with Crippen molar-refractivity contribution in [2.75, 3.05) is 0 Å². The molecule has 0 unspecified atom stereocenters. The van der Waals surface area contributed by atoms with Crippen LogP contribution in [0.2, 0.25) is 0 Å². The Kier molecular flexibility index (Phi) is 3.73. The molecule has 0 aromatic carbocycles. The molecule has 2 fully saturated rings. The fraction of sp³-hybridized carbons (Fsp3) is 0.692. The molecule has 2 aliphatic carbocycles. The molecule has 0 saturated heterocycles. The molecule has 114 valence electrons. The molecule has 0 spiro atoms. The maximum Gasteiger partial charge on any atom is 0.357 e. The number of carbonyl (C=O) groups is 1. The van der Waals surface area contributed by atoms with Crippen LogP contribution in [0.1, 0.15) is 43.1 Å². The van der Waals surface area contributed by atoms with Crippen LogP contribution in [-0.2, 0) is 0 Å². The predicted octanol–water partition coefficient (Wildman–Crippen LogP) is 2.63. The highest BCUT2D eigenvalue weighted by molar-refractivity contribution is 9.10. The van der Waals surface area contributed by atoms with Crippen LogP contribution in [0.3, 0.4) is 0 Å². The molecule has 2 bridgehead atoms. The van der Waals surface area contributed by atoms with Crippen LogP contribution in [0, 0.1) is 27.9 Å². The summed E-state index contributed by atoms with van der Waals surface area (Å²) in [6.07, 6.45) is 5.03. The lowest BCUT2D eigenvalue weighted by Gasteiger charge is -2.28. The van der Waals surface area contributed by atoms with Crippen molar-refractivity contribution in [3.8, 4) is 0 Å². The number of aromatic nitrogens is 2. The normalized spacial score (nSPS) is 28.6. The number of H-pyrrole nitrogens is 1. The second kappa shape index (κ2) is 5.40. The average Bonchev–Trinajstić information content (AvgIpc) is 3.12. The number of nitrogens with zero attached hydrogens (tertiary/aromatic N) is 2. The topological polar surface area (TPSA) is 101 Å². The number of fused-ring (bicyclic) bond motifs is 2. The first kappa shape index (κ1) is 14.5. The lowest BCUT2D eigenvalue weighted by atomic mass is 9.84. The van der Waals surface area contributed by atoms with Gasteiger partial charge in [-0.15, -0.1) is 5.10 Å². The van der Waals surface area contributed by atoms with E-state index in [0.29, 0.717) is 11.8 Å². The summed E-state index contributed by atoms with van der Waals surface area (Å²) in [5, 5.41) is 19.7. The highest BCUT2D eigenvalue weighted by Crippen LogP contribution is 2.49. The van der Waals surface area contributed by atoms with Crippen molar-refractivity contribution < 1.29 is 9.72 Å². The Hall–Kier alpha value is -1.44. The van der Waals surface area contributed by atoms with E-state index >= 15 is 0 Å². The van der Waals surface area contributed by atoms with Gasteiger partial charge in [-0.1, -0.05) is 11.5 Å². The lowest BCUT2D eigenvalue weighted by Crippen LogP contribution is -2.40. The molecule has 3 rings (SSSR count). The van der Waals surface area contributed by atoms with Gasteiger partial charge in [0.05, 0.1) is 0 Å². The van der Waals surface area contributed by atoms with E-state index in [4.69, 9.17) is 0 Å². The summed E-state index contributed by atoms with van der Waals surface area (Å²) < 4.78 is 0.102. The van der Waals surface area contributed by atoms with Crippen molar-refractivity contribution in [2.24, 2.45) is 17.8 Å². The summed E-state index contributed by atoms with van der Waals surface area (Å²) in [4.78, 5) is 22.4. The fourth-order valence-electron chi connectivity index (χ4n) is 3.88. The molecule has 2 saturated carbocycles. The SMILES string of the molecule is C[C@H](NC(=O)c1n[nH]c([N+](=O)[O-])c1Br)[C@H]1C[C@@H]2CC[C@@H]1C2. The van der Waals surface area contributed by atoms with Crippen LogP contribution in [-0.4, -0.2) is 27.1 Å². The van der Waals surface area contributed by atoms with E-state index in [0.717, 1.165) is 5.92 Å². The number of amides is 1. The molecule has 7 nitrogen and oxygen atoms in total. The smallest absolute Gasteiger partial charge is 0.357 e. The number of halogens is 1. The van der Waals surface area contributed by atoms with Gasteiger partial charge >= 0.3 is 5.82 Å². The van der Waals surface area contributed by atoms with Crippen LogP contribution in [0.5, 0.6) is 0 Å². The van der Waals surface area contributed by atoms with E-state index in [1.165, 1.54) is 25.7 Å². The number of nitro groups is 1. The first-order valence-corrected chi connectivity index (χ1v) is 7.95. The van der Waals surface area contributed by atoms with Gasteiger partial charge < -0.3 is 15.4 Å². The molecule has 4 atom stereocenters. The van der Waals surface area contributed by atoms with Gasteiger partial charge in [-0.25, -0.2) is 0 Å². The molecular formula is C13H17BrN4O3. The standard InChI is InChI=1S/C13H17BrN4O3/c1-6(9-5-7-2-3-8(9)4-7)15-13(19)11-10(14)12(17-16-11)18(20)21/h6-9H,2-5H2,1H3,(H,15,19)(H,16,17)/t6-,7+,8+,9+/m0/s1. The summed E-state index contributed by atoms with van der Waals surface area (Å²) in [6, 6.07) is 0.0652. The average molecular weight is 357 g/mol. The molecule has 2 N–H and O–H groups in total. The summed E-state index contributed by atoms with van der Waals surface area (Å²) in [6.45, 7) is 2.01. The van der Waals surface area contributed by atoms with Gasteiger partial charge in [0.15, 0.2) is 5.69 Å². The number of carbonyl (C=O) groups excluding carboxylic acids is 1. The highest BCUT2D eigenvalue weighted by Gasteiger charge is 2.42. The second-order valence-corrected chi connectivity index (χ2v) is 6.89. The molecule has 21 heavy (non-hydrogen) atoms. The van der Waals surface area contributed by atoms with Crippen molar-refractivity contribution in [1.29, 1.82) is 0 Å². The van der Waals surface area contributed by atoms with Crippen LogP contribution in [0.15, 0.2) is 4.47 Å². The number of nitrogens with one attached hydrogen (secondary N) is 2. The lowest BCUT2D eigenvalue weighted by molar-refractivity contribution is -0.390. The van der Waals surface area contributed by atoms with E-state index in [2.05, 4.69) is 31.4 Å². The van der Waals surface area contributed by atoms with Crippen LogP contribution < -0.4 is 5.32 Å². The van der Waals surface area contributed by atoms with Gasteiger partial charge in [-0.2, -0.15) is 0 Å². The van der Waals surface area contributed by atoms with Gasteiger partial charge in [0.1, 0.15) is 4.47 Å². The van der Waals surface area contributed by atoms with Gasteiger partial charge in [0.25, 0.3) is 5.91 Å². The Labute approximate surface area is 130 Å². The first-order chi connectivity index (χ1) is 9.97. The Bertz CT molecular complexity index is 588. The summed E-state index contributed by atoms with van der Waals surface area (Å²) >= 11 is 3.06. The second-order valence-electron chi connectivity index (χ2n) is 6.09. The molecule has 1 aromatic heterocycles. The van der Waals surface area contributed by atoms with Crippen molar-refractivity contribution in [1.82, 2.24) is 15.5 Å². The van der Waals surface area contributed by atoms with E-state index in [-0.39, 0.29) is 27.9 Å². The van der Waals surface area contributed by atoms with Gasteiger partial charge in [-0.3, -0.25) is 4.79 Å². The molecule has 0 aliphatic heterocycles. The van der Waals surface area contributed by atoms with E-state index in [9.17, 15) is 14.9 Å². The number of hydrogen-bond donors (Lipinski definition) is 2. The number of aromatic amines is 1. The maximum absolute atomic E-state index is 12.2. The third kappa shape index (κ3) is 2.56. The van der Waals surface area contributed by atoms with Crippen molar-refractivity contribution in [3.63, 3.8) is 0 Å². The fourth-order valence-corrected chi connectivity index (χ4v) is 4.38. The van der Waals surface area contributed by atoms with E-state index in [1.807, 2.05) is 6.92 Å². The Morgan fingerprint density at radius 3 is 2.81 bits per heavy atom. The highest BCUT2D eigenvalue weighted by atomic mass is 79.9. The van der Waals surface area contributed by atoms with Gasteiger partial charge in [-0.05, 0) is 64.8 Å². The molecule has 1 aromatic rings. The number of rotatable bonds is 4. The number of hydrogen-bond acceptors (Lipinski definition) is 4.